The van der Waals surface area contributed by atoms with Gasteiger partial charge in [-0.3, -0.25) is 0 Å². The summed E-state index contributed by atoms with van der Waals surface area (Å²) in [6.45, 7) is 5.75. The minimum atomic E-state index is -0.0524. The van der Waals surface area contributed by atoms with Crippen LogP contribution >= 0.6 is 11.3 Å². The lowest BCUT2D eigenvalue weighted by Gasteiger charge is -2.31. The molecule has 6 heteroatoms. The predicted octanol–water partition coefficient (Wildman–Crippen LogP) is 2.18. The Labute approximate surface area is 124 Å². The number of aromatic nitrogens is 1. The molecule has 2 amide bonds. The first-order chi connectivity index (χ1) is 9.63. The molecule has 5 nitrogen and oxygen atoms in total. The molecule has 1 atom stereocenters. The van der Waals surface area contributed by atoms with E-state index in [1.807, 2.05) is 18.0 Å². The number of aryl methyl sites for hydroxylation is 1. The Kier molecular flexibility index (Phi) is 5.37. The molecule has 0 bridgehead atoms. The largest absolute Gasteiger partial charge is 0.396 e. The Bertz CT molecular complexity index is 441. The zero-order chi connectivity index (χ0) is 14.5. The SMILES string of the molecule is CCc1cnc(C(C)NC(=O)N2CCC(CO)CC2)s1. The van der Waals surface area contributed by atoms with Gasteiger partial charge in [-0.2, -0.15) is 0 Å². The van der Waals surface area contributed by atoms with Crippen molar-refractivity contribution in [3.8, 4) is 0 Å². The number of nitrogens with one attached hydrogen (secondary N) is 1. The quantitative estimate of drug-likeness (QED) is 0.895. The maximum Gasteiger partial charge on any atom is 0.317 e. The van der Waals surface area contributed by atoms with E-state index in [1.54, 1.807) is 11.3 Å². The van der Waals surface area contributed by atoms with Gasteiger partial charge >= 0.3 is 6.03 Å². The van der Waals surface area contributed by atoms with E-state index in [4.69, 9.17) is 5.11 Å². The molecule has 20 heavy (non-hydrogen) atoms. The molecule has 0 aliphatic carbocycles. The minimum absolute atomic E-state index is 0.0258. The van der Waals surface area contributed by atoms with Gasteiger partial charge in [0.15, 0.2) is 0 Å². The first-order valence-corrected chi connectivity index (χ1v) is 8.06. The number of rotatable bonds is 4. The van der Waals surface area contributed by atoms with Crippen molar-refractivity contribution >= 4 is 17.4 Å². The summed E-state index contributed by atoms with van der Waals surface area (Å²) >= 11 is 1.66. The predicted molar refractivity (Wildman–Crippen MR) is 79.8 cm³/mol. The smallest absolute Gasteiger partial charge is 0.317 e. The molecule has 1 aromatic heterocycles. The van der Waals surface area contributed by atoms with Crippen molar-refractivity contribution in [2.24, 2.45) is 5.92 Å². The summed E-state index contributed by atoms with van der Waals surface area (Å²) in [4.78, 5) is 19.6. The van der Waals surface area contributed by atoms with Crippen LogP contribution in [0.15, 0.2) is 6.20 Å². The lowest BCUT2D eigenvalue weighted by molar-refractivity contribution is 0.136. The summed E-state index contributed by atoms with van der Waals surface area (Å²) in [7, 11) is 0. The molecule has 1 unspecified atom stereocenters. The topological polar surface area (TPSA) is 65.5 Å². The molecule has 0 saturated carbocycles. The second-order valence-electron chi connectivity index (χ2n) is 5.30. The standard InChI is InChI=1S/C14H23N3O2S/c1-3-12-8-15-13(20-12)10(2)16-14(19)17-6-4-11(9-18)5-7-17/h8,10-11,18H,3-7,9H2,1-2H3,(H,16,19). The molecule has 1 aromatic rings. The van der Waals surface area contributed by atoms with Crippen LogP contribution in [0.2, 0.25) is 0 Å². The number of amides is 2. The van der Waals surface area contributed by atoms with Crippen molar-refractivity contribution in [2.75, 3.05) is 19.7 Å². The summed E-state index contributed by atoms with van der Waals surface area (Å²) in [6.07, 6.45) is 4.63. The van der Waals surface area contributed by atoms with Crippen molar-refractivity contribution < 1.29 is 9.90 Å². The van der Waals surface area contributed by atoms with Gasteiger partial charge in [-0.05, 0) is 32.1 Å². The van der Waals surface area contributed by atoms with E-state index >= 15 is 0 Å². The number of likely N-dealkylation sites (tertiary alicyclic amines) is 1. The number of carbonyl (C=O) groups excluding carboxylic acids is 1. The first-order valence-electron chi connectivity index (χ1n) is 7.25. The number of hydrogen-bond donors (Lipinski definition) is 2. The van der Waals surface area contributed by atoms with Gasteiger partial charge in [0, 0.05) is 30.8 Å². The normalized spacial score (nSPS) is 18.1. The van der Waals surface area contributed by atoms with Gasteiger partial charge in [-0.1, -0.05) is 6.92 Å². The van der Waals surface area contributed by atoms with Gasteiger partial charge in [0.2, 0.25) is 0 Å². The first kappa shape index (κ1) is 15.3. The average Bonchev–Trinajstić information content (AvgIpc) is 2.96. The zero-order valence-electron chi connectivity index (χ0n) is 12.1. The Hall–Kier alpha value is -1.14. The molecule has 2 heterocycles. The highest BCUT2D eigenvalue weighted by molar-refractivity contribution is 7.11. The number of thiazole rings is 1. The van der Waals surface area contributed by atoms with Crippen molar-refractivity contribution in [3.05, 3.63) is 16.1 Å². The second kappa shape index (κ2) is 7.04. The van der Waals surface area contributed by atoms with E-state index in [0.29, 0.717) is 5.92 Å². The Morgan fingerprint density at radius 1 is 1.60 bits per heavy atom. The molecule has 112 valence electrons. The fourth-order valence-electron chi connectivity index (χ4n) is 2.34. The van der Waals surface area contributed by atoms with Gasteiger partial charge in [0.25, 0.3) is 0 Å². The van der Waals surface area contributed by atoms with Gasteiger partial charge in [0.05, 0.1) is 6.04 Å². The number of nitrogens with zero attached hydrogens (tertiary/aromatic N) is 2. The lowest BCUT2D eigenvalue weighted by atomic mass is 9.98. The molecule has 2 N–H and O–H groups in total. The van der Waals surface area contributed by atoms with Crippen molar-refractivity contribution in [1.29, 1.82) is 0 Å². The molecule has 0 radical (unpaired) electrons. The summed E-state index contributed by atoms with van der Waals surface area (Å²) in [6, 6.07) is -0.0782. The maximum atomic E-state index is 12.2. The van der Waals surface area contributed by atoms with Gasteiger partial charge in [-0.15, -0.1) is 11.3 Å². The third-order valence-electron chi connectivity index (χ3n) is 3.79. The molecule has 1 saturated heterocycles. The molecular formula is C14H23N3O2S. The molecule has 0 spiro atoms. The van der Waals surface area contributed by atoms with Gasteiger partial charge in [0.1, 0.15) is 5.01 Å². The molecule has 1 aliphatic rings. The fraction of sp³-hybridized carbons (Fsp3) is 0.714. The van der Waals surface area contributed by atoms with E-state index < -0.39 is 0 Å². The summed E-state index contributed by atoms with van der Waals surface area (Å²) < 4.78 is 0. The van der Waals surface area contributed by atoms with Crippen molar-refractivity contribution in [3.63, 3.8) is 0 Å². The number of aliphatic hydroxyl groups excluding tert-OH is 1. The maximum absolute atomic E-state index is 12.2. The summed E-state index contributed by atoms with van der Waals surface area (Å²) in [5.74, 6) is 0.350. The van der Waals surface area contributed by atoms with Crippen LogP contribution in [-0.2, 0) is 6.42 Å². The van der Waals surface area contributed by atoms with Crippen LogP contribution in [0.25, 0.3) is 0 Å². The van der Waals surface area contributed by atoms with Crippen LogP contribution in [0.4, 0.5) is 4.79 Å². The number of hydrogen-bond acceptors (Lipinski definition) is 4. The highest BCUT2D eigenvalue weighted by Gasteiger charge is 2.23. The minimum Gasteiger partial charge on any atom is -0.396 e. The Morgan fingerprint density at radius 3 is 2.85 bits per heavy atom. The third kappa shape index (κ3) is 3.70. The van der Waals surface area contributed by atoms with Crippen LogP contribution in [-0.4, -0.2) is 40.7 Å². The van der Waals surface area contributed by atoms with Crippen LogP contribution in [0.1, 0.15) is 42.6 Å². The number of urea groups is 1. The monoisotopic (exact) mass is 297 g/mol. The van der Waals surface area contributed by atoms with Gasteiger partial charge in [-0.25, -0.2) is 9.78 Å². The van der Waals surface area contributed by atoms with Crippen LogP contribution < -0.4 is 5.32 Å². The highest BCUT2D eigenvalue weighted by atomic mass is 32.1. The van der Waals surface area contributed by atoms with Crippen molar-refractivity contribution in [1.82, 2.24) is 15.2 Å². The third-order valence-corrected chi connectivity index (χ3v) is 5.11. The highest BCUT2D eigenvalue weighted by Crippen LogP contribution is 2.21. The van der Waals surface area contributed by atoms with Gasteiger partial charge < -0.3 is 15.3 Å². The van der Waals surface area contributed by atoms with E-state index in [1.165, 1.54) is 4.88 Å². The van der Waals surface area contributed by atoms with Crippen molar-refractivity contribution in [2.45, 2.75) is 39.2 Å². The molecular weight excluding hydrogens is 274 g/mol. The van der Waals surface area contributed by atoms with Crippen LogP contribution in [0, 0.1) is 5.92 Å². The van der Waals surface area contributed by atoms with E-state index in [9.17, 15) is 4.79 Å². The second-order valence-corrected chi connectivity index (χ2v) is 6.45. The summed E-state index contributed by atoms with van der Waals surface area (Å²) in [5.41, 5.74) is 0. The molecule has 2 rings (SSSR count). The number of piperidine rings is 1. The Balaban J connectivity index is 1.85. The van der Waals surface area contributed by atoms with E-state index in [2.05, 4.69) is 17.2 Å². The number of carbonyl (C=O) groups is 1. The van der Waals surface area contributed by atoms with Crippen LogP contribution in [0.5, 0.6) is 0 Å². The van der Waals surface area contributed by atoms with E-state index in [0.717, 1.165) is 37.4 Å². The van der Waals surface area contributed by atoms with Crippen LogP contribution in [0.3, 0.4) is 0 Å². The molecule has 0 aromatic carbocycles. The Morgan fingerprint density at radius 2 is 2.30 bits per heavy atom. The fourth-order valence-corrected chi connectivity index (χ4v) is 3.20. The molecule has 1 aliphatic heterocycles. The average molecular weight is 297 g/mol. The van der Waals surface area contributed by atoms with E-state index in [-0.39, 0.29) is 18.7 Å². The zero-order valence-corrected chi connectivity index (χ0v) is 12.9. The number of aliphatic hydroxyl groups is 1. The summed E-state index contributed by atoms with van der Waals surface area (Å²) in [5, 5.41) is 13.1. The molecule has 1 fully saturated rings. The lowest BCUT2D eigenvalue weighted by Crippen LogP contribution is -2.45.